The molecule has 104 valence electrons. The van der Waals surface area contributed by atoms with Crippen LogP contribution < -0.4 is 0 Å². The smallest absolute Gasteiger partial charge is 0.161 e. The summed E-state index contributed by atoms with van der Waals surface area (Å²) in [4.78, 5) is 6.03. The van der Waals surface area contributed by atoms with Gasteiger partial charge in [0.15, 0.2) is 5.17 Å². The molecule has 8 heteroatoms. The minimum Gasteiger partial charge on any atom is -0.388 e. The number of amidine groups is 1. The number of nitrogens with zero attached hydrogens (tertiary/aromatic N) is 2. The van der Waals surface area contributed by atoms with E-state index >= 15 is 0 Å². The van der Waals surface area contributed by atoms with E-state index in [1.165, 1.54) is 11.8 Å². The van der Waals surface area contributed by atoms with Gasteiger partial charge in [-0.2, -0.15) is 0 Å². The van der Waals surface area contributed by atoms with Crippen LogP contribution in [0.3, 0.4) is 0 Å². The van der Waals surface area contributed by atoms with E-state index in [9.17, 15) is 19.7 Å². The molecule has 0 aromatic rings. The van der Waals surface area contributed by atoms with E-state index in [-0.39, 0.29) is 0 Å². The lowest BCUT2D eigenvalue weighted by Crippen LogP contribution is -2.58. The summed E-state index contributed by atoms with van der Waals surface area (Å²) in [5.41, 5.74) is -0.507. The van der Waals surface area contributed by atoms with Crippen LogP contribution in [-0.4, -0.2) is 82.1 Å². The van der Waals surface area contributed by atoms with Crippen molar-refractivity contribution in [1.82, 2.24) is 4.90 Å². The van der Waals surface area contributed by atoms with Gasteiger partial charge in [0.2, 0.25) is 0 Å². The van der Waals surface area contributed by atoms with Crippen molar-refractivity contribution in [2.75, 3.05) is 20.8 Å². The molecule has 0 radical (unpaired) electrons. The van der Waals surface area contributed by atoms with Crippen molar-refractivity contribution in [2.45, 2.75) is 35.9 Å². The number of thioether (sulfide) groups is 1. The maximum atomic E-state index is 12.5. The van der Waals surface area contributed by atoms with Crippen LogP contribution in [0.2, 0.25) is 0 Å². The number of ether oxygens (including phenoxy) is 1. The Morgan fingerprint density at radius 1 is 1.44 bits per heavy atom. The maximum absolute atomic E-state index is 12.5. The lowest BCUT2D eigenvalue weighted by atomic mass is 9.95. The molecule has 6 atom stereocenters. The summed E-state index contributed by atoms with van der Waals surface area (Å²) in [6.45, 7) is -1.03. The van der Waals surface area contributed by atoms with Gasteiger partial charge >= 0.3 is 0 Å². The highest BCUT2D eigenvalue weighted by atomic mass is 32.2. The van der Waals surface area contributed by atoms with Gasteiger partial charge in [-0.15, -0.1) is 0 Å². The van der Waals surface area contributed by atoms with Gasteiger partial charge in [-0.25, -0.2) is 4.39 Å². The number of hydrogen-bond acceptors (Lipinski definition) is 7. The fourth-order valence-corrected chi connectivity index (χ4v) is 3.14. The predicted octanol–water partition coefficient (Wildman–Crippen LogP) is -1.20. The third-order valence-corrected chi connectivity index (χ3v) is 4.31. The second-order valence-electron chi connectivity index (χ2n) is 4.59. The van der Waals surface area contributed by atoms with Gasteiger partial charge in [0.1, 0.15) is 42.6 Å². The number of rotatable bonds is 2. The van der Waals surface area contributed by atoms with Crippen molar-refractivity contribution >= 4 is 16.9 Å². The molecular weight excluding hydrogens is 263 g/mol. The summed E-state index contributed by atoms with van der Waals surface area (Å²) in [6, 6.07) is -0.592. The molecule has 2 aliphatic rings. The Bertz CT molecular complexity index is 344. The molecule has 1 saturated heterocycles. The molecule has 3 N–H and O–H groups in total. The summed E-state index contributed by atoms with van der Waals surface area (Å²) in [5.74, 6) is 0. The van der Waals surface area contributed by atoms with Gasteiger partial charge in [0, 0.05) is 14.1 Å². The van der Waals surface area contributed by atoms with Crippen molar-refractivity contribution in [3.63, 3.8) is 0 Å². The Morgan fingerprint density at radius 2 is 2.11 bits per heavy atom. The highest BCUT2D eigenvalue weighted by Crippen LogP contribution is 2.37. The topological polar surface area (TPSA) is 85.5 Å². The molecule has 2 aliphatic heterocycles. The molecule has 0 amide bonds. The zero-order valence-corrected chi connectivity index (χ0v) is 10.9. The van der Waals surface area contributed by atoms with Gasteiger partial charge in [0.25, 0.3) is 0 Å². The zero-order chi connectivity index (χ0) is 13.4. The molecule has 2 rings (SSSR count). The number of hydrogen-bond donors (Lipinski definition) is 3. The minimum atomic E-state index is -1.44. The van der Waals surface area contributed by atoms with E-state index in [4.69, 9.17) is 4.74 Å². The average molecular weight is 280 g/mol. The minimum absolute atomic E-state index is 0.507. The van der Waals surface area contributed by atoms with Crippen molar-refractivity contribution in [2.24, 2.45) is 4.99 Å². The molecule has 1 fully saturated rings. The molecule has 5 unspecified atom stereocenters. The quantitative estimate of drug-likeness (QED) is 0.589. The summed E-state index contributed by atoms with van der Waals surface area (Å²) in [6.07, 6.45) is -5.09. The Morgan fingerprint density at radius 3 is 2.67 bits per heavy atom. The fraction of sp³-hybridized carbons (Fsp3) is 0.900. The Hall–Kier alpha value is -0.410. The van der Waals surface area contributed by atoms with E-state index in [0.717, 1.165) is 0 Å². The first-order valence-electron chi connectivity index (χ1n) is 5.63. The lowest BCUT2D eigenvalue weighted by Gasteiger charge is -2.39. The van der Waals surface area contributed by atoms with Crippen LogP contribution in [0.1, 0.15) is 0 Å². The summed E-state index contributed by atoms with van der Waals surface area (Å²) in [7, 11) is 3.61. The Kier molecular flexibility index (Phi) is 4.12. The number of aliphatic imine (C=N–C) groups is 1. The zero-order valence-electron chi connectivity index (χ0n) is 10.1. The first-order chi connectivity index (χ1) is 8.45. The van der Waals surface area contributed by atoms with Crippen molar-refractivity contribution < 1.29 is 24.4 Å². The third-order valence-electron chi connectivity index (χ3n) is 3.01. The molecule has 0 spiro atoms. The van der Waals surface area contributed by atoms with Crippen LogP contribution in [0.5, 0.6) is 0 Å². The lowest BCUT2D eigenvalue weighted by molar-refractivity contribution is -0.186. The molecule has 0 bridgehead atoms. The van der Waals surface area contributed by atoms with Crippen LogP contribution in [0.4, 0.5) is 4.39 Å². The molecule has 6 nitrogen and oxygen atoms in total. The Labute approximate surface area is 108 Å². The summed E-state index contributed by atoms with van der Waals surface area (Å²) >= 11 is 1.29. The van der Waals surface area contributed by atoms with Gasteiger partial charge < -0.3 is 25.0 Å². The van der Waals surface area contributed by atoms with E-state index in [1.54, 1.807) is 19.0 Å². The van der Waals surface area contributed by atoms with Crippen molar-refractivity contribution in [1.29, 1.82) is 0 Å². The average Bonchev–Trinajstić information content (AvgIpc) is 2.77. The molecule has 0 aromatic heterocycles. The van der Waals surface area contributed by atoms with Crippen LogP contribution in [0.25, 0.3) is 0 Å². The van der Waals surface area contributed by atoms with Crippen LogP contribution >= 0.6 is 11.8 Å². The first kappa shape index (κ1) is 14.0. The fourth-order valence-electron chi connectivity index (χ4n) is 2.00. The highest BCUT2D eigenvalue weighted by molar-refractivity contribution is 8.14. The van der Waals surface area contributed by atoms with Crippen LogP contribution in [0.15, 0.2) is 4.99 Å². The number of alkyl halides is 1. The number of halogens is 1. The largest absolute Gasteiger partial charge is 0.388 e. The standard InChI is InChI=1S/C10H17FN2O4S/c1-13(2)10-12-5-6(15)7(16)8(4(14)3-11)17-9(5)18-10/h4-9,14-16H,3H2,1-2H3/t4-,5?,6?,7?,8?,9?/m1/s1. The number of fused-ring (bicyclic) bond motifs is 1. The molecular formula is C10H17FN2O4S. The molecule has 18 heavy (non-hydrogen) atoms. The first-order valence-corrected chi connectivity index (χ1v) is 6.51. The number of aliphatic hydroxyl groups is 3. The Balaban J connectivity index is 2.14. The second kappa shape index (κ2) is 5.30. The van der Waals surface area contributed by atoms with E-state index in [2.05, 4.69) is 4.99 Å². The van der Waals surface area contributed by atoms with E-state index in [0.29, 0.717) is 5.17 Å². The maximum Gasteiger partial charge on any atom is 0.161 e. The third kappa shape index (κ3) is 2.35. The summed E-state index contributed by atoms with van der Waals surface area (Å²) < 4.78 is 17.9. The van der Waals surface area contributed by atoms with Gasteiger partial charge in [0.05, 0.1) is 0 Å². The second-order valence-corrected chi connectivity index (χ2v) is 5.65. The number of aliphatic hydroxyl groups excluding tert-OH is 3. The van der Waals surface area contributed by atoms with Gasteiger partial charge in [-0.3, -0.25) is 4.99 Å². The van der Waals surface area contributed by atoms with Gasteiger partial charge in [-0.05, 0) is 0 Å². The monoisotopic (exact) mass is 280 g/mol. The van der Waals surface area contributed by atoms with Crippen molar-refractivity contribution in [3.8, 4) is 0 Å². The molecule has 2 heterocycles. The van der Waals surface area contributed by atoms with Crippen LogP contribution in [-0.2, 0) is 4.74 Å². The molecule has 0 saturated carbocycles. The SMILES string of the molecule is CN(C)C1=NC2C(OC([C@H](O)CF)C(O)C2O)S1. The highest BCUT2D eigenvalue weighted by Gasteiger charge is 2.50. The van der Waals surface area contributed by atoms with Gasteiger partial charge in [-0.1, -0.05) is 11.8 Å². The van der Waals surface area contributed by atoms with Crippen molar-refractivity contribution in [3.05, 3.63) is 0 Å². The summed E-state index contributed by atoms with van der Waals surface area (Å²) in [5, 5.41) is 29.9. The molecule has 0 aliphatic carbocycles. The molecule has 0 aromatic carbocycles. The van der Waals surface area contributed by atoms with E-state index in [1.807, 2.05) is 0 Å². The normalized spacial score (nSPS) is 41.2. The van der Waals surface area contributed by atoms with Crippen LogP contribution in [0, 0.1) is 0 Å². The predicted molar refractivity (Wildman–Crippen MR) is 65.2 cm³/mol. The van der Waals surface area contributed by atoms with E-state index < -0.39 is 42.6 Å².